The van der Waals surface area contributed by atoms with E-state index in [2.05, 4.69) is 102 Å². The summed E-state index contributed by atoms with van der Waals surface area (Å²) >= 11 is 7.33. The van der Waals surface area contributed by atoms with Gasteiger partial charge in [-0.15, -0.1) is 0 Å². The molecule has 4 aromatic rings. The van der Waals surface area contributed by atoms with E-state index in [9.17, 15) is 25.9 Å². The largest absolute Gasteiger partial charge is 0.370 e. The second-order valence-electron chi connectivity index (χ2n) is 15.5. The lowest BCUT2D eigenvalue weighted by Crippen LogP contribution is -2.25. The molecule has 2 N–H and O–H groups in total. The highest BCUT2D eigenvalue weighted by molar-refractivity contribution is 9.10. The van der Waals surface area contributed by atoms with Crippen LogP contribution in [0.3, 0.4) is 0 Å². The summed E-state index contributed by atoms with van der Waals surface area (Å²) in [6.45, 7) is 9.79. The highest BCUT2D eigenvalue weighted by atomic mass is 79.9. The van der Waals surface area contributed by atoms with Crippen molar-refractivity contribution in [2.24, 2.45) is 0 Å². The highest BCUT2D eigenvalue weighted by Gasteiger charge is 2.44. The second-order valence-corrected chi connectivity index (χ2v) is 20.5. The minimum absolute atomic E-state index is 0.101. The first-order valence-corrected chi connectivity index (χ1v) is 24.2. The lowest BCUT2D eigenvalue weighted by atomic mass is 9.75. The van der Waals surface area contributed by atoms with Gasteiger partial charge in [-0.2, -0.15) is 16.8 Å². The predicted octanol–water partition coefficient (Wildman–Crippen LogP) is 10.5. The quantitative estimate of drug-likeness (QED) is 0.0822. The molecule has 0 radical (unpaired) electrons. The van der Waals surface area contributed by atoms with Crippen molar-refractivity contribution in [2.75, 3.05) is 37.9 Å². The van der Waals surface area contributed by atoms with Crippen molar-refractivity contribution in [2.45, 2.75) is 83.2 Å². The van der Waals surface area contributed by atoms with E-state index >= 15 is 0 Å². The second kappa shape index (κ2) is 16.9. The number of rotatable bonds is 16. The Morgan fingerprint density at radius 1 is 0.526 bits per heavy atom. The van der Waals surface area contributed by atoms with Crippen LogP contribution in [0.1, 0.15) is 111 Å². The van der Waals surface area contributed by atoms with Crippen molar-refractivity contribution in [1.29, 1.82) is 0 Å². The van der Waals surface area contributed by atoms with Crippen LogP contribution in [0.4, 0.5) is 0 Å². The SMILES string of the molecule is CCCOC1c2cc3c(cc2-c2ccc(Br)cc2C1OCCCS(=O)(=O)O)C(C)(C)c1cc2c(cc1-3)C(OCCCS(=O)(=O)O)C(OCCC)c1cc(Br)ccc1-2. The summed E-state index contributed by atoms with van der Waals surface area (Å²) in [5.74, 6) is -0.804. The lowest BCUT2D eigenvalue weighted by molar-refractivity contribution is -0.0790. The van der Waals surface area contributed by atoms with Crippen molar-refractivity contribution in [3.63, 3.8) is 0 Å². The molecule has 3 aliphatic carbocycles. The molecule has 306 valence electrons. The highest BCUT2D eigenvalue weighted by Crippen LogP contribution is 2.58. The smallest absolute Gasteiger partial charge is 0.264 e. The van der Waals surface area contributed by atoms with Gasteiger partial charge >= 0.3 is 0 Å². The van der Waals surface area contributed by atoms with Gasteiger partial charge in [-0.05, 0) is 141 Å². The Morgan fingerprint density at radius 3 is 1.23 bits per heavy atom. The molecule has 7 rings (SSSR count). The van der Waals surface area contributed by atoms with Gasteiger partial charge in [-0.3, -0.25) is 9.11 Å². The summed E-state index contributed by atoms with van der Waals surface area (Å²) in [5.41, 5.74) is 12.0. The number of benzene rings is 4. The fraction of sp³-hybridized carbons (Fsp3) is 0.442. The molecule has 0 amide bonds. The first-order chi connectivity index (χ1) is 27.0. The lowest BCUT2D eigenvalue weighted by Gasteiger charge is -2.36. The zero-order valence-corrected chi connectivity index (χ0v) is 37.2. The standard InChI is InChI=1S/C43H48Br2O10S2/c1-5-13-52-39-33-19-25(44)9-11-27(33)30-24-38-32(22-36(30)42(39)55-16-8-18-57(49,50)51)31-21-35-29(23-37(31)43(38,3)4)28-12-10-26(45)20-34(28)40(41(35)53-14-6-2)54-15-7-17-56(46,47)48/h9-12,19-24,39-42H,5-8,13-18H2,1-4H3,(H,46,47,48)(H,49,50,51). The molecule has 0 saturated carbocycles. The minimum Gasteiger partial charge on any atom is -0.370 e. The van der Waals surface area contributed by atoms with Crippen LogP contribution in [0.2, 0.25) is 0 Å². The van der Waals surface area contributed by atoms with E-state index in [0.717, 1.165) is 88.5 Å². The maximum Gasteiger partial charge on any atom is 0.264 e. The van der Waals surface area contributed by atoms with Crippen LogP contribution in [0.25, 0.3) is 33.4 Å². The number of fused-ring (bicyclic) bond motifs is 9. The molecule has 0 fully saturated rings. The maximum atomic E-state index is 11.6. The Bertz CT molecular complexity index is 2400. The summed E-state index contributed by atoms with van der Waals surface area (Å²) in [6.07, 6.45) is -0.232. The predicted molar refractivity (Wildman–Crippen MR) is 228 cm³/mol. The van der Waals surface area contributed by atoms with E-state index in [4.69, 9.17) is 18.9 Å². The topological polar surface area (TPSA) is 146 Å². The van der Waals surface area contributed by atoms with E-state index in [-0.39, 0.29) is 26.1 Å². The first kappa shape index (κ1) is 42.6. The number of ether oxygens (including phenoxy) is 4. The van der Waals surface area contributed by atoms with Gasteiger partial charge in [-0.25, -0.2) is 0 Å². The molecule has 57 heavy (non-hydrogen) atoms. The summed E-state index contributed by atoms with van der Waals surface area (Å²) in [6, 6.07) is 21.3. The molecule has 0 heterocycles. The van der Waals surface area contributed by atoms with Gasteiger partial charge in [0.15, 0.2) is 0 Å². The molecule has 0 aromatic heterocycles. The zero-order valence-electron chi connectivity index (χ0n) is 32.4. The normalized spacial score (nSPS) is 20.3. The molecule has 10 nitrogen and oxygen atoms in total. The van der Waals surface area contributed by atoms with Gasteiger partial charge in [0.05, 0.1) is 11.5 Å². The molecule has 14 heteroatoms. The molecular weight excluding hydrogens is 900 g/mol. The summed E-state index contributed by atoms with van der Waals surface area (Å²) < 4.78 is 93.1. The van der Waals surface area contributed by atoms with Gasteiger partial charge < -0.3 is 18.9 Å². The Hall–Kier alpha value is -2.50. The van der Waals surface area contributed by atoms with E-state index in [0.29, 0.717) is 13.2 Å². The van der Waals surface area contributed by atoms with Crippen LogP contribution in [0.5, 0.6) is 0 Å². The van der Waals surface area contributed by atoms with Crippen LogP contribution >= 0.6 is 31.9 Å². The van der Waals surface area contributed by atoms with E-state index in [1.54, 1.807) is 0 Å². The summed E-state index contributed by atoms with van der Waals surface area (Å²) in [4.78, 5) is 0. The van der Waals surface area contributed by atoms with E-state index < -0.39 is 61.6 Å². The zero-order chi connectivity index (χ0) is 40.9. The molecule has 3 aliphatic rings. The van der Waals surface area contributed by atoms with Crippen molar-refractivity contribution in [3.8, 4) is 33.4 Å². The average Bonchev–Trinajstić information content (AvgIpc) is 3.35. The van der Waals surface area contributed by atoms with Gasteiger partial charge in [-0.1, -0.05) is 71.7 Å². The Morgan fingerprint density at radius 2 is 0.877 bits per heavy atom. The average molecular weight is 949 g/mol. The van der Waals surface area contributed by atoms with Crippen molar-refractivity contribution >= 4 is 52.1 Å². The number of hydrogen-bond donors (Lipinski definition) is 2. The third-order valence-corrected chi connectivity index (χ3v) is 13.7. The molecule has 0 spiro atoms. The molecule has 4 aromatic carbocycles. The molecule has 4 atom stereocenters. The van der Waals surface area contributed by atoms with E-state index in [1.165, 1.54) is 0 Å². The van der Waals surface area contributed by atoms with Crippen LogP contribution in [-0.2, 0) is 44.6 Å². The molecule has 0 aliphatic heterocycles. The molecular formula is C43H48Br2O10S2. The van der Waals surface area contributed by atoms with Crippen molar-refractivity contribution in [1.82, 2.24) is 0 Å². The third-order valence-electron chi connectivity index (χ3n) is 11.1. The van der Waals surface area contributed by atoms with Crippen LogP contribution in [-0.4, -0.2) is 63.9 Å². The van der Waals surface area contributed by atoms with Gasteiger partial charge in [0.25, 0.3) is 20.2 Å². The number of hydrogen-bond acceptors (Lipinski definition) is 8. The molecule has 0 bridgehead atoms. The van der Waals surface area contributed by atoms with Crippen molar-refractivity contribution in [3.05, 3.63) is 103 Å². The van der Waals surface area contributed by atoms with Crippen LogP contribution in [0.15, 0.2) is 69.6 Å². The van der Waals surface area contributed by atoms with Crippen LogP contribution < -0.4 is 0 Å². The van der Waals surface area contributed by atoms with Gasteiger partial charge in [0.2, 0.25) is 0 Å². The fourth-order valence-corrected chi connectivity index (χ4v) is 10.3. The monoisotopic (exact) mass is 946 g/mol. The fourth-order valence-electron chi connectivity index (χ4n) is 8.58. The van der Waals surface area contributed by atoms with Crippen LogP contribution in [0, 0.1) is 0 Å². The van der Waals surface area contributed by atoms with E-state index in [1.807, 2.05) is 18.2 Å². The summed E-state index contributed by atoms with van der Waals surface area (Å²) in [5, 5.41) is 0. The first-order valence-electron chi connectivity index (χ1n) is 19.4. The van der Waals surface area contributed by atoms with Gasteiger partial charge in [0.1, 0.15) is 24.4 Å². The minimum atomic E-state index is -4.15. The maximum absolute atomic E-state index is 11.6. The molecule has 4 unspecified atom stereocenters. The Kier molecular flexibility index (Phi) is 12.6. The Balaban J connectivity index is 1.39. The number of halogens is 2. The third kappa shape index (κ3) is 8.73. The summed E-state index contributed by atoms with van der Waals surface area (Å²) in [7, 11) is -8.29. The Labute approximate surface area is 352 Å². The van der Waals surface area contributed by atoms with Gasteiger partial charge in [0, 0.05) is 40.8 Å². The molecule has 0 saturated heterocycles. The van der Waals surface area contributed by atoms with Crippen molar-refractivity contribution < 1.29 is 44.9 Å².